The first-order valence-corrected chi connectivity index (χ1v) is 12.8. The van der Waals surface area contributed by atoms with Crippen LogP contribution in [-0.2, 0) is 19.1 Å². The van der Waals surface area contributed by atoms with E-state index in [2.05, 4.69) is 19.9 Å². The maximum absolute atomic E-state index is 16.4. The monoisotopic (exact) mass is 458 g/mol. The lowest BCUT2D eigenvalue weighted by atomic mass is 9.47. The van der Waals surface area contributed by atoms with E-state index in [1.165, 1.54) is 12.5 Å². The second kappa shape index (κ2) is 8.70. The number of alkyl halides is 1. The lowest BCUT2D eigenvalue weighted by Gasteiger charge is -2.57. The highest BCUT2D eigenvalue weighted by molar-refractivity contribution is 5.83. The van der Waals surface area contributed by atoms with Gasteiger partial charge >= 0.3 is 11.9 Å². The maximum atomic E-state index is 16.4. The van der Waals surface area contributed by atoms with Crippen LogP contribution in [0.5, 0.6) is 0 Å². The smallest absolute Gasteiger partial charge is 0.330 e. The Labute approximate surface area is 197 Å². The number of hydrogen-bond donors (Lipinski definition) is 0. The molecule has 0 saturated heterocycles. The van der Waals surface area contributed by atoms with E-state index < -0.39 is 11.6 Å². The molecular weight excluding hydrogens is 419 g/mol. The van der Waals surface area contributed by atoms with Gasteiger partial charge in [0.1, 0.15) is 5.76 Å². The van der Waals surface area contributed by atoms with Crippen molar-refractivity contribution in [2.75, 3.05) is 6.61 Å². The number of fused-ring (bicyclic) bond motifs is 5. The van der Waals surface area contributed by atoms with Crippen molar-refractivity contribution >= 4 is 11.9 Å². The Kier molecular flexibility index (Phi) is 6.39. The number of rotatable bonds is 5. The van der Waals surface area contributed by atoms with Gasteiger partial charge in [-0.3, -0.25) is 4.79 Å². The summed E-state index contributed by atoms with van der Waals surface area (Å²) in [5.74, 6) is 0.856. The average molecular weight is 459 g/mol. The van der Waals surface area contributed by atoms with Crippen molar-refractivity contribution in [1.29, 1.82) is 0 Å². The molecule has 0 amide bonds. The second-order valence-corrected chi connectivity index (χ2v) is 11.1. The Morgan fingerprint density at radius 3 is 2.58 bits per heavy atom. The third-order valence-corrected chi connectivity index (χ3v) is 9.23. The van der Waals surface area contributed by atoms with Gasteiger partial charge in [-0.2, -0.15) is 0 Å². The number of halogens is 1. The van der Waals surface area contributed by atoms with Crippen LogP contribution in [0.4, 0.5) is 4.39 Å². The molecule has 33 heavy (non-hydrogen) atoms. The minimum Gasteiger partial charge on any atom is -0.463 e. The number of ether oxygens (including phenoxy) is 2. The van der Waals surface area contributed by atoms with Crippen LogP contribution < -0.4 is 0 Å². The van der Waals surface area contributed by atoms with Crippen molar-refractivity contribution in [3.05, 3.63) is 35.1 Å². The van der Waals surface area contributed by atoms with E-state index in [1.807, 2.05) is 19.9 Å². The maximum Gasteiger partial charge on any atom is 0.330 e. The SMILES string of the molecule is CCC[C@]1(F)C[C@@]2(C)C(=CC[C@@H]3[C@@H]2CC[C@]2(C)C(=CC(=O)OCC)CC[C@@H]32)C=C1OC(C)=O. The Morgan fingerprint density at radius 2 is 1.91 bits per heavy atom. The van der Waals surface area contributed by atoms with Crippen molar-refractivity contribution in [3.63, 3.8) is 0 Å². The van der Waals surface area contributed by atoms with Crippen molar-refractivity contribution in [2.24, 2.45) is 28.6 Å². The standard InChI is InChI=1S/C28H39FO4/c1-6-13-28(29)17-27(5)19(15-24(28)33-18(3)30)8-10-21-22-11-9-20(16-25(31)32-7-2)26(22,4)14-12-23(21)27/h8,15-16,21-23H,6-7,9-14,17H2,1-5H3/t21-,22-,23-,26+,27-,28-/m0/s1. The number of carbonyl (C=O) groups is 2. The Hall–Kier alpha value is -1.91. The molecule has 4 aliphatic rings. The Bertz CT molecular complexity index is 917. The molecule has 4 rings (SSSR count). The molecule has 0 aromatic rings. The van der Waals surface area contributed by atoms with Crippen LogP contribution in [0, 0.1) is 28.6 Å². The highest BCUT2D eigenvalue weighted by Gasteiger charge is 2.60. The zero-order chi connectivity index (χ0) is 24.0. The molecule has 4 aliphatic carbocycles. The van der Waals surface area contributed by atoms with Gasteiger partial charge in [0.25, 0.3) is 0 Å². The van der Waals surface area contributed by atoms with E-state index in [-0.39, 0.29) is 22.6 Å². The summed E-state index contributed by atoms with van der Waals surface area (Å²) in [4.78, 5) is 23.9. The van der Waals surface area contributed by atoms with Gasteiger partial charge in [0.05, 0.1) is 6.61 Å². The molecule has 2 saturated carbocycles. The van der Waals surface area contributed by atoms with E-state index in [9.17, 15) is 9.59 Å². The number of esters is 2. The Balaban J connectivity index is 1.67. The van der Waals surface area contributed by atoms with E-state index in [4.69, 9.17) is 9.47 Å². The summed E-state index contributed by atoms with van der Waals surface area (Å²) < 4.78 is 27.0. The highest BCUT2D eigenvalue weighted by Crippen LogP contribution is 2.67. The number of carbonyl (C=O) groups excluding carboxylic acids is 2. The Morgan fingerprint density at radius 1 is 1.18 bits per heavy atom. The minimum absolute atomic E-state index is 0.0132. The van der Waals surface area contributed by atoms with Crippen LogP contribution in [-0.4, -0.2) is 24.2 Å². The normalized spacial score (nSPS) is 40.8. The summed E-state index contributed by atoms with van der Waals surface area (Å²) in [6, 6.07) is 0. The van der Waals surface area contributed by atoms with Crippen LogP contribution in [0.2, 0.25) is 0 Å². The third-order valence-electron chi connectivity index (χ3n) is 9.23. The van der Waals surface area contributed by atoms with Crippen molar-refractivity contribution in [2.45, 2.75) is 91.7 Å². The fourth-order valence-electron chi connectivity index (χ4n) is 7.81. The predicted octanol–water partition coefficient (Wildman–Crippen LogP) is 6.61. The van der Waals surface area contributed by atoms with Gasteiger partial charge in [-0.1, -0.05) is 38.8 Å². The van der Waals surface area contributed by atoms with E-state index in [0.29, 0.717) is 43.6 Å². The first-order valence-electron chi connectivity index (χ1n) is 12.8. The molecule has 0 aromatic carbocycles. The topological polar surface area (TPSA) is 52.6 Å². The molecule has 0 spiro atoms. The van der Waals surface area contributed by atoms with Crippen LogP contribution in [0.1, 0.15) is 86.0 Å². The van der Waals surface area contributed by atoms with Crippen LogP contribution in [0.25, 0.3) is 0 Å². The molecule has 2 fully saturated rings. The molecule has 0 aromatic heterocycles. The fraction of sp³-hybridized carbons (Fsp3) is 0.714. The van der Waals surface area contributed by atoms with Gasteiger partial charge in [-0.15, -0.1) is 0 Å². The molecule has 0 aliphatic heterocycles. The van der Waals surface area contributed by atoms with Crippen LogP contribution >= 0.6 is 0 Å². The van der Waals surface area contributed by atoms with Crippen LogP contribution in [0.15, 0.2) is 35.1 Å². The van der Waals surface area contributed by atoms with E-state index >= 15 is 4.39 Å². The van der Waals surface area contributed by atoms with Crippen molar-refractivity contribution < 1.29 is 23.5 Å². The van der Waals surface area contributed by atoms with E-state index in [1.54, 1.807) is 6.08 Å². The zero-order valence-corrected chi connectivity index (χ0v) is 20.8. The molecule has 0 unspecified atom stereocenters. The first-order chi connectivity index (χ1) is 15.6. The molecule has 0 heterocycles. The summed E-state index contributed by atoms with van der Waals surface area (Å²) >= 11 is 0. The molecule has 4 nitrogen and oxygen atoms in total. The van der Waals surface area contributed by atoms with Crippen molar-refractivity contribution in [3.8, 4) is 0 Å². The van der Waals surface area contributed by atoms with E-state index in [0.717, 1.165) is 37.7 Å². The molecular formula is C28H39FO4. The predicted molar refractivity (Wildman–Crippen MR) is 126 cm³/mol. The summed E-state index contributed by atoms with van der Waals surface area (Å²) in [6.07, 6.45) is 12.3. The highest BCUT2D eigenvalue weighted by atomic mass is 19.1. The molecule has 5 heteroatoms. The summed E-state index contributed by atoms with van der Waals surface area (Å²) in [5, 5.41) is 0. The van der Waals surface area contributed by atoms with Gasteiger partial charge in [0, 0.05) is 13.0 Å². The van der Waals surface area contributed by atoms with Crippen molar-refractivity contribution in [1.82, 2.24) is 0 Å². The largest absolute Gasteiger partial charge is 0.463 e. The lowest BCUT2D eigenvalue weighted by molar-refractivity contribution is -0.140. The number of allylic oxidation sites excluding steroid dienone is 5. The summed E-state index contributed by atoms with van der Waals surface area (Å²) in [5.41, 5.74) is 0.494. The van der Waals surface area contributed by atoms with Gasteiger partial charge < -0.3 is 9.47 Å². The summed E-state index contributed by atoms with van der Waals surface area (Å²) in [7, 11) is 0. The average Bonchev–Trinajstić information content (AvgIpc) is 3.05. The lowest BCUT2D eigenvalue weighted by Crippen LogP contribution is -2.51. The fourth-order valence-corrected chi connectivity index (χ4v) is 7.81. The third kappa shape index (κ3) is 4.00. The molecule has 0 N–H and O–H groups in total. The van der Waals surface area contributed by atoms with Gasteiger partial charge in [0.2, 0.25) is 0 Å². The molecule has 0 bridgehead atoms. The quantitative estimate of drug-likeness (QED) is 0.343. The minimum atomic E-state index is -1.61. The second-order valence-electron chi connectivity index (χ2n) is 11.1. The van der Waals surface area contributed by atoms with Gasteiger partial charge in [-0.05, 0) is 92.1 Å². The van der Waals surface area contributed by atoms with Gasteiger partial charge in [-0.25, -0.2) is 9.18 Å². The molecule has 6 atom stereocenters. The van der Waals surface area contributed by atoms with Crippen LogP contribution in [0.3, 0.4) is 0 Å². The summed E-state index contributed by atoms with van der Waals surface area (Å²) in [6.45, 7) is 10.1. The molecule has 0 radical (unpaired) electrons. The first kappa shape index (κ1) is 24.2. The zero-order valence-electron chi connectivity index (χ0n) is 20.8. The molecule has 182 valence electrons. The van der Waals surface area contributed by atoms with Gasteiger partial charge in [0.15, 0.2) is 5.67 Å². The number of hydrogen-bond acceptors (Lipinski definition) is 4.